The maximum absolute atomic E-state index is 13.6. The number of fused-ring (bicyclic) bond motifs is 3. The molecule has 6 nitrogen and oxygen atoms in total. The number of ether oxygens (including phenoxy) is 1. The number of aromatic amines is 1. The number of amides is 2. The van der Waals surface area contributed by atoms with Crippen molar-refractivity contribution in [1.29, 1.82) is 0 Å². The van der Waals surface area contributed by atoms with Gasteiger partial charge in [-0.15, -0.1) is 0 Å². The SMILES string of the molecule is CN(C(=O)Nc1cc(F)c(F)c(Cl)c1)[C@@H]1COCc2[nH]c(=O)c3cc(F)ccc3c21. The van der Waals surface area contributed by atoms with Crippen LogP contribution in [0.2, 0.25) is 5.02 Å². The van der Waals surface area contributed by atoms with Crippen LogP contribution in [0.5, 0.6) is 0 Å². The molecule has 10 heteroatoms. The highest BCUT2D eigenvalue weighted by atomic mass is 35.5. The van der Waals surface area contributed by atoms with Crippen molar-refractivity contribution in [2.75, 3.05) is 19.0 Å². The van der Waals surface area contributed by atoms with Crippen molar-refractivity contribution < 1.29 is 22.7 Å². The molecule has 0 aliphatic carbocycles. The van der Waals surface area contributed by atoms with Crippen LogP contribution in [-0.2, 0) is 11.3 Å². The highest BCUT2D eigenvalue weighted by molar-refractivity contribution is 6.31. The Balaban J connectivity index is 1.70. The molecule has 1 aromatic heterocycles. The fraction of sp³-hybridized carbons (Fsp3) is 0.200. The number of likely N-dealkylation sites (N-methyl/N-ethyl adjacent to an activating group) is 1. The van der Waals surface area contributed by atoms with Crippen LogP contribution in [0.1, 0.15) is 17.3 Å². The van der Waals surface area contributed by atoms with E-state index in [1.165, 1.54) is 24.1 Å². The predicted octanol–water partition coefficient (Wildman–Crippen LogP) is 4.33. The van der Waals surface area contributed by atoms with Crippen LogP contribution in [0, 0.1) is 17.5 Å². The Morgan fingerprint density at radius 1 is 1.23 bits per heavy atom. The zero-order valence-electron chi connectivity index (χ0n) is 15.6. The molecule has 2 amide bonds. The summed E-state index contributed by atoms with van der Waals surface area (Å²) in [6.45, 7) is 0.247. The van der Waals surface area contributed by atoms with Gasteiger partial charge in [0.1, 0.15) is 5.82 Å². The van der Waals surface area contributed by atoms with Crippen LogP contribution < -0.4 is 10.9 Å². The Morgan fingerprint density at radius 3 is 2.73 bits per heavy atom. The third-order valence-corrected chi connectivity index (χ3v) is 5.26. The monoisotopic (exact) mass is 437 g/mol. The molecule has 30 heavy (non-hydrogen) atoms. The second-order valence-corrected chi connectivity index (χ2v) is 7.27. The number of carbonyl (C=O) groups excluding carboxylic acids is 1. The molecule has 0 fully saturated rings. The molecule has 2 N–H and O–H groups in total. The minimum atomic E-state index is -1.21. The Kier molecular flexibility index (Phi) is 5.17. The molecule has 2 aromatic carbocycles. The molecule has 3 aromatic rings. The van der Waals surface area contributed by atoms with E-state index in [-0.39, 0.29) is 24.3 Å². The number of nitrogens with one attached hydrogen (secondary N) is 2. The molecule has 0 saturated heterocycles. The minimum absolute atomic E-state index is 0.0268. The molecule has 1 aliphatic rings. The number of nitrogens with zero attached hydrogens (tertiary/aromatic N) is 1. The minimum Gasteiger partial charge on any atom is -0.373 e. The average Bonchev–Trinajstić information content (AvgIpc) is 2.71. The van der Waals surface area contributed by atoms with Gasteiger partial charge in [0, 0.05) is 30.1 Å². The molecule has 0 unspecified atom stereocenters. The van der Waals surface area contributed by atoms with E-state index in [2.05, 4.69) is 10.3 Å². The summed E-state index contributed by atoms with van der Waals surface area (Å²) in [4.78, 5) is 29.0. The van der Waals surface area contributed by atoms with Crippen molar-refractivity contribution in [2.45, 2.75) is 12.6 Å². The topological polar surface area (TPSA) is 74.4 Å². The van der Waals surface area contributed by atoms with Gasteiger partial charge in [0.25, 0.3) is 5.56 Å². The fourth-order valence-electron chi connectivity index (χ4n) is 3.51. The summed E-state index contributed by atoms with van der Waals surface area (Å²) in [6.07, 6.45) is 0. The number of H-pyrrole nitrogens is 1. The van der Waals surface area contributed by atoms with E-state index in [1.54, 1.807) is 0 Å². The summed E-state index contributed by atoms with van der Waals surface area (Å²) in [5.41, 5.74) is 0.611. The molecule has 4 rings (SSSR count). The highest BCUT2D eigenvalue weighted by Gasteiger charge is 2.30. The Hall–Kier alpha value is -3.04. The fourth-order valence-corrected chi connectivity index (χ4v) is 3.72. The Morgan fingerprint density at radius 2 is 2.00 bits per heavy atom. The van der Waals surface area contributed by atoms with Crippen LogP contribution >= 0.6 is 11.6 Å². The second kappa shape index (κ2) is 7.66. The van der Waals surface area contributed by atoms with Crippen LogP contribution in [0.4, 0.5) is 23.7 Å². The summed E-state index contributed by atoms with van der Waals surface area (Å²) in [5, 5.41) is 2.64. The van der Waals surface area contributed by atoms with Crippen LogP contribution in [0.15, 0.2) is 35.1 Å². The number of anilines is 1. The number of rotatable bonds is 2. The van der Waals surface area contributed by atoms with Crippen molar-refractivity contribution >= 4 is 34.1 Å². The van der Waals surface area contributed by atoms with Gasteiger partial charge in [-0.05, 0) is 23.6 Å². The summed E-state index contributed by atoms with van der Waals surface area (Å²) in [6, 6.07) is 4.49. The Labute approximate surface area is 173 Å². The van der Waals surface area contributed by atoms with Crippen LogP contribution in [-0.4, -0.2) is 29.6 Å². The number of hydrogen-bond acceptors (Lipinski definition) is 3. The van der Waals surface area contributed by atoms with Crippen molar-refractivity contribution in [3.63, 3.8) is 0 Å². The zero-order valence-corrected chi connectivity index (χ0v) is 16.3. The lowest BCUT2D eigenvalue weighted by atomic mass is 9.96. The molecule has 1 aliphatic heterocycles. The standard InChI is InChI=1S/C20H15ClF3N3O3/c1-27(20(29)25-10-5-13(21)18(24)14(23)6-10)16-8-30-7-15-17(16)11-3-2-9(22)4-12(11)19(28)26-15/h2-6,16H,7-8H2,1H3,(H,25,29)(H,26,28)/t16-/m1/s1. The van der Waals surface area contributed by atoms with Crippen LogP contribution in [0.3, 0.4) is 0 Å². The van der Waals surface area contributed by atoms with Gasteiger partial charge in [0.05, 0.1) is 29.7 Å². The number of aromatic nitrogens is 1. The smallest absolute Gasteiger partial charge is 0.322 e. The number of carbonyl (C=O) groups is 1. The lowest BCUT2D eigenvalue weighted by molar-refractivity contribution is 0.0527. The van der Waals surface area contributed by atoms with Crippen LogP contribution in [0.25, 0.3) is 10.8 Å². The number of pyridine rings is 1. The summed E-state index contributed by atoms with van der Waals surface area (Å²) in [7, 11) is 1.49. The molecule has 0 bridgehead atoms. The predicted molar refractivity (Wildman–Crippen MR) is 105 cm³/mol. The Bertz CT molecular complexity index is 1210. The lowest BCUT2D eigenvalue weighted by Crippen LogP contribution is -2.39. The quantitative estimate of drug-likeness (QED) is 0.586. The van der Waals surface area contributed by atoms with Crippen molar-refractivity contribution in [3.05, 3.63) is 74.4 Å². The van der Waals surface area contributed by atoms with Gasteiger partial charge in [0.15, 0.2) is 11.6 Å². The normalized spacial score (nSPS) is 15.7. The first-order chi connectivity index (χ1) is 14.3. The van der Waals surface area contributed by atoms with Gasteiger partial charge in [-0.25, -0.2) is 18.0 Å². The molecule has 0 radical (unpaired) electrons. The molecular formula is C20H15ClF3N3O3. The van der Waals surface area contributed by atoms with Crippen molar-refractivity contribution in [3.8, 4) is 0 Å². The molecule has 2 heterocycles. The van der Waals surface area contributed by atoms with Gasteiger partial charge in [0.2, 0.25) is 0 Å². The largest absolute Gasteiger partial charge is 0.373 e. The van der Waals surface area contributed by atoms with Gasteiger partial charge in [-0.3, -0.25) is 4.79 Å². The molecule has 156 valence electrons. The lowest BCUT2D eigenvalue weighted by Gasteiger charge is -2.33. The molecule has 1 atom stereocenters. The number of benzene rings is 2. The third-order valence-electron chi connectivity index (χ3n) is 4.98. The van der Waals surface area contributed by atoms with E-state index in [1.807, 2.05) is 0 Å². The summed E-state index contributed by atoms with van der Waals surface area (Å²) < 4.78 is 46.1. The summed E-state index contributed by atoms with van der Waals surface area (Å²) >= 11 is 5.63. The third kappa shape index (κ3) is 3.50. The molecule has 0 saturated carbocycles. The first kappa shape index (κ1) is 20.2. The van der Waals surface area contributed by atoms with Crippen molar-refractivity contribution in [2.24, 2.45) is 0 Å². The first-order valence-corrected chi connectivity index (χ1v) is 9.24. The van der Waals surface area contributed by atoms with Gasteiger partial charge in [-0.2, -0.15) is 0 Å². The average molecular weight is 438 g/mol. The first-order valence-electron chi connectivity index (χ1n) is 8.86. The summed E-state index contributed by atoms with van der Waals surface area (Å²) in [5.74, 6) is -2.96. The zero-order chi connectivity index (χ0) is 21.6. The van der Waals surface area contributed by atoms with Gasteiger partial charge < -0.3 is 19.9 Å². The van der Waals surface area contributed by atoms with E-state index in [0.717, 1.165) is 18.2 Å². The van der Waals surface area contributed by atoms with Gasteiger partial charge in [-0.1, -0.05) is 17.7 Å². The second-order valence-electron chi connectivity index (χ2n) is 6.86. The maximum atomic E-state index is 13.6. The van der Waals surface area contributed by atoms with E-state index in [0.29, 0.717) is 16.6 Å². The molecule has 0 spiro atoms. The van der Waals surface area contributed by atoms with E-state index in [4.69, 9.17) is 16.3 Å². The molecular weight excluding hydrogens is 423 g/mol. The number of hydrogen-bond donors (Lipinski definition) is 2. The van der Waals surface area contributed by atoms with E-state index >= 15 is 0 Å². The number of urea groups is 1. The van der Waals surface area contributed by atoms with Gasteiger partial charge >= 0.3 is 6.03 Å². The maximum Gasteiger partial charge on any atom is 0.322 e. The van der Waals surface area contributed by atoms with E-state index in [9.17, 15) is 22.8 Å². The highest BCUT2D eigenvalue weighted by Crippen LogP contribution is 2.33. The van der Waals surface area contributed by atoms with E-state index < -0.39 is 40.1 Å². The van der Waals surface area contributed by atoms with Crippen molar-refractivity contribution in [1.82, 2.24) is 9.88 Å². The number of halogens is 4.